The Morgan fingerprint density at radius 2 is 2.07 bits per heavy atom. The van der Waals surface area contributed by atoms with Crippen molar-refractivity contribution in [1.82, 2.24) is 9.97 Å². The highest BCUT2D eigenvalue weighted by molar-refractivity contribution is 5.85. The Morgan fingerprint density at radius 1 is 1.50 bits per heavy atom. The van der Waals surface area contributed by atoms with Crippen LogP contribution in [0.25, 0.3) is 0 Å². The molecule has 0 fully saturated rings. The molecule has 0 aromatic carbocycles. The second-order valence-corrected chi connectivity index (χ2v) is 2.36. The Bertz CT molecular complexity index is 303. The van der Waals surface area contributed by atoms with Crippen molar-refractivity contribution in [3.8, 4) is 0 Å². The van der Waals surface area contributed by atoms with E-state index in [2.05, 4.69) is 9.97 Å². The predicted molar refractivity (Wildman–Crippen MR) is 60.5 cm³/mol. The van der Waals surface area contributed by atoms with Crippen LogP contribution in [0, 0.1) is 6.92 Å². The molecule has 0 aliphatic rings. The highest BCUT2D eigenvalue weighted by atomic mass is 35.5. The number of hydrogen-bond donors (Lipinski definition) is 2. The van der Waals surface area contributed by atoms with Gasteiger partial charge in [0.25, 0.3) is 5.56 Å². The van der Waals surface area contributed by atoms with Gasteiger partial charge in [0, 0.05) is 18.2 Å². The first kappa shape index (κ1) is 19.0. The topological polar surface area (TPSA) is 103 Å². The van der Waals surface area contributed by atoms with Crippen LogP contribution in [0.3, 0.4) is 0 Å². The van der Waals surface area contributed by atoms with Crippen molar-refractivity contribution in [2.45, 2.75) is 13.3 Å². The van der Waals surface area contributed by atoms with Crippen molar-refractivity contribution in [2.24, 2.45) is 5.73 Å². The molecule has 5 nitrogen and oxygen atoms in total. The van der Waals surface area contributed by atoms with E-state index in [0.717, 1.165) is 5.69 Å². The summed E-state index contributed by atoms with van der Waals surface area (Å²) in [5, 5.41) is 0. The minimum absolute atomic E-state index is 0. The number of rotatable bonds is 2. The van der Waals surface area contributed by atoms with Crippen LogP contribution < -0.4 is 11.3 Å². The van der Waals surface area contributed by atoms with Crippen molar-refractivity contribution in [3.63, 3.8) is 0 Å². The van der Waals surface area contributed by atoms with Crippen molar-refractivity contribution < 1.29 is 5.48 Å². The monoisotopic (exact) mass is 243 g/mol. The molecule has 0 unspecified atom stereocenters. The van der Waals surface area contributed by atoms with Gasteiger partial charge in [-0.3, -0.25) is 4.79 Å². The number of nitrogens with two attached hydrogens (primary N) is 1. The summed E-state index contributed by atoms with van der Waals surface area (Å²) in [5.41, 5.74) is 5.96. The molecule has 5 N–H and O–H groups in total. The summed E-state index contributed by atoms with van der Waals surface area (Å²) in [6.45, 7) is 2.28. The first-order valence-corrected chi connectivity index (χ1v) is 3.49. The molecular weight excluding hydrogens is 229 g/mol. The highest BCUT2D eigenvalue weighted by Crippen LogP contribution is 1.89. The van der Waals surface area contributed by atoms with Crippen molar-refractivity contribution in [1.29, 1.82) is 0 Å². The Balaban J connectivity index is -0.000000403. The molecule has 1 heterocycles. The number of nitrogens with one attached hydrogen (secondary N) is 1. The lowest BCUT2D eigenvalue weighted by atomic mass is 10.3. The lowest BCUT2D eigenvalue weighted by Crippen LogP contribution is -2.13. The van der Waals surface area contributed by atoms with Crippen LogP contribution in [-0.4, -0.2) is 22.0 Å². The van der Waals surface area contributed by atoms with Crippen LogP contribution >= 0.6 is 24.8 Å². The molecule has 1 rings (SSSR count). The van der Waals surface area contributed by atoms with E-state index >= 15 is 0 Å². The fourth-order valence-corrected chi connectivity index (χ4v) is 0.917. The average Bonchev–Trinajstić information content (AvgIpc) is 1.85. The lowest BCUT2D eigenvalue weighted by Gasteiger charge is -1.97. The Hall–Kier alpha value is -0.620. The number of aromatic amines is 1. The van der Waals surface area contributed by atoms with Crippen LogP contribution in [0.4, 0.5) is 0 Å². The molecule has 1 aromatic heterocycles. The first-order valence-electron chi connectivity index (χ1n) is 3.49. The quantitative estimate of drug-likeness (QED) is 0.739. The molecule has 14 heavy (non-hydrogen) atoms. The summed E-state index contributed by atoms with van der Waals surface area (Å²) in [4.78, 5) is 17.5. The Labute approximate surface area is 94.3 Å². The predicted octanol–water partition coefficient (Wildman–Crippen LogP) is -0.402. The van der Waals surface area contributed by atoms with Gasteiger partial charge in [-0.1, -0.05) is 0 Å². The summed E-state index contributed by atoms with van der Waals surface area (Å²) in [6.07, 6.45) is 0.658. The van der Waals surface area contributed by atoms with Gasteiger partial charge in [-0.2, -0.15) is 0 Å². The fraction of sp³-hybridized carbons (Fsp3) is 0.429. The minimum atomic E-state index is -0.110. The van der Waals surface area contributed by atoms with Gasteiger partial charge in [0.1, 0.15) is 5.82 Å². The van der Waals surface area contributed by atoms with Gasteiger partial charge in [-0.15, -0.1) is 24.8 Å². The average molecular weight is 244 g/mol. The molecule has 0 bridgehead atoms. The third-order valence-corrected chi connectivity index (χ3v) is 1.31. The van der Waals surface area contributed by atoms with Gasteiger partial charge in [-0.25, -0.2) is 4.98 Å². The van der Waals surface area contributed by atoms with Crippen LogP contribution in [0.2, 0.25) is 0 Å². The van der Waals surface area contributed by atoms with Crippen molar-refractivity contribution in [3.05, 3.63) is 27.9 Å². The second kappa shape index (κ2) is 8.96. The zero-order chi connectivity index (χ0) is 8.27. The normalized spacial score (nSPS) is 7.86. The van der Waals surface area contributed by atoms with E-state index in [9.17, 15) is 4.79 Å². The third kappa shape index (κ3) is 5.93. The first-order chi connectivity index (χ1) is 5.22. The van der Waals surface area contributed by atoms with E-state index < -0.39 is 0 Å². The summed E-state index contributed by atoms with van der Waals surface area (Å²) < 4.78 is 0. The largest absolute Gasteiger partial charge is 0.412 e. The summed E-state index contributed by atoms with van der Waals surface area (Å²) in [7, 11) is 0. The number of halogens is 2. The van der Waals surface area contributed by atoms with Crippen LogP contribution in [0.15, 0.2) is 10.9 Å². The van der Waals surface area contributed by atoms with Crippen LogP contribution in [0.5, 0.6) is 0 Å². The molecule has 0 aliphatic carbocycles. The maximum absolute atomic E-state index is 10.8. The Kier molecular flexibility index (Phi) is 12.2. The number of aromatic nitrogens is 2. The van der Waals surface area contributed by atoms with E-state index in [1.807, 2.05) is 0 Å². The number of H-pyrrole nitrogens is 1. The fourth-order valence-electron chi connectivity index (χ4n) is 0.917. The second-order valence-electron chi connectivity index (χ2n) is 2.36. The van der Waals surface area contributed by atoms with Crippen molar-refractivity contribution >= 4 is 24.8 Å². The van der Waals surface area contributed by atoms with Gasteiger partial charge < -0.3 is 16.2 Å². The van der Waals surface area contributed by atoms with Gasteiger partial charge in [0.2, 0.25) is 0 Å². The van der Waals surface area contributed by atoms with Crippen LogP contribution in [-0.2, 0) is 6.42 Å². The van der Waals surface area contributed by atoms with E-state index in [4.69, 9.17) is 5.73 Å². The molecule has 1 aromatic rings. The highest BCUT2D eigenvalue weighted by Gasteiger charge is 1.95. The van der Waals surface area contributed by atoms with Crippen LogP contribution in [0.1, 0.15) is 11.5 Å². The molecule has 0 amide bonds. The van der Waals surface area contributed by atoms with Gasteiger partial charge >= 0.3 is 0 Å². The molecule has 0 spiro atoms. The molecule has 7 heteroatoms. The number of nitrogens with zero attached hydrogens (tertiary/aromatic N) is 1. The maximum atomic E-state index is 10.8. The Morgan fingerprint density at radius 3 is 2.50 bits per heavy atom. The molecule has 0 radical (unpaired) electrons. The SMILES string of the molecule is Cc1nc(CCN)cc(=O)[nH]1.Cl.Cl.O. The standard InChI is InChI=1S/C7H11N3O.2ClH.H2O/c1-5-9-6(2-3-8)4-7(11)10-5;;;/h4H,2-3,8H2,1H3,(H,9,10,11);2*1H;1H2. The summed E-state index contributed by atoms with van der Waals surface area (Å²) in [5.74, 6) is 0.640. The van der Waals surface area contributed by atoms with Gasteiger partial charge in [-0.05, 0) is 13.5 Å². The summed E-state index contributed by atoms with van der Waals surface area (Å²) >= 11 is 0. The molecule has 84 valence electrons. The molecule has 0 atom stereocenters. The smallest absolute Gasteiger partial charge is 0.251 e. The minimum Gasteiger partial charge on any atom is -0.412 e. The molecular formula is C7H15Cl2N3O2. The number of hydrogen-bond acceptors (Lipinski definition) is 3. The molecule has 0 saturated heterocycles. The van der Waals surface area contributed by atoms with E-state index in [-0.39, 0.29) is 35.8 Å². The van der Waals surface area contributed by atoms with Crippen molar-refractivity contribution in [2.75, 3.05) is 6.54 Å². The zero-order valence-electron chi connectivity index (χ0n) is 7.74. The maximum Gasteiger partial charge on any atom is 0.251 e. The van der Waals surface area contributed by atoms with E-state index in [1.54, 1.807) is 6.92 Å². The molecule has 0 aliphatic heterocycles. The lowest BCUT2D eigenvalue weighted by molar-refractivity contribution is 0.824. The molecule has 0 saturated carbocycles. The summed E-state index contributed by atoms with van der Waals surface area (Å²) in [6, 6.07) is 1.47. The van der Waals surface area contributed by atoms with Gasteiger partial charge in [0.15, 0.2) is 0 Å². The number of aryl methyl sites for hydroxylation is 1. The van der Waals surface area contributed by atoms with E-state index in [0.29, 0.717) is 18.8 Å². The van der Waals surface area contributed by atoms with Gasteiger partial charge in [0.05, 0.1) is 0 Å². The zero-order valence-corrected chi connectivity index (χ0v) is 9.37. The van der Waals surface area contributed by atoms with E-state index in [1.165, 1.54) is 6.07 Å². The third-order valence-electron chi connectivity index (χ3n) is 1.31.